The molecule has 2 atom stereocenters. The van der Waals surface area contributed by atoms with Crippen LogP contribution in [0.4, 0.5) is 0 Å². The second-order valence-electron chi connectivity index (χ2n) is 4.14. The van der Waals surface area contributed by atoms with Crippen LogP contribution in [0.1, 0.15) is 39.5 Å². The first kappa shape index (κ1) is 15.8. The summed E-state index contributed by atoms with van der Waals surface area (Å²) in [4.78, 5) is -0.397. The molecule has 0 heterocycles. The molecule has 0 aliphatic heterocycles. The van der Waals surface area contributed by atoms with E-state index in [4.69, 9.17) is 27.6 Å². The van der Waals surface area contributed by atoms with Crippen molar-refractivity contribution in [1.82, 2.24) is 0 Å². The third kappa shape index (κ3) is 6.83. The van der Waals surface area contributed by atoms with Crippen molar-refractivity contribution >= 4 is 32.2 Å². The maximum atomic E-state index is 6.00. The molecule has 0 aromatic carbocycles. The van der Waals surface area contributed by atoms with Gasteiger partial charge in [0.05, 0.1) is 6.10 Å². The van der Waals surface area contributed by atoms with Gasteiger partial charge in [-0.2, -0.15) is 0 Å². The topological polar surface area (TPSA) is 9.23 Å². The third-order valence-electron chi connectivity index (χ3n) is 2.54. The number of unbranched alkanes of at least 4 members (excludes halogenated alkanes) is 1. The lowest BCUT2D eigenvalue weighted by molar-refractivity contribution is 0.135. The van der Waals surface area contributed by atoms with Crippen LogP contribution < -0.4 is 0 Å². The van der Waals surface area contributed by atoms with Gasteiger partial charge in [-0.25, -0.2) is 0 Å². The Morgan fingerprint density at radius 3 is 2.13 bits per heavy atom. The zero-order valence-corrected chi connectivity index (χ0v) is 12.7. The lowest BCUT2D eigenvalue weighted by Gasteiger charge is -2.29. The molecule has 15 heavy (non-hydrogen) atoms. The van der Waals surface area contributed by atoms with Crippen LogP contribution in [0.3, 0.4) is 0 Å². The first-order chi connectivity index (χ1) is 7.02. The van der Waals surface area contributed by atoms with Crippen LogP contribution >= 0.6 is 23.2 Å². The van der Waals surface area contributed by atoms with E-state index in [1.807, 2.05) is 0 Å². The van der Waals surface area contributed by atoms with Gasteiger partial charge in [0.2, 0.25) is 9.04 Å². The summed E-state index contributed by atoms with van der Waals surface area (Å²) < 4.78 is 5.90. The van der Waals surface area contributed by atoms with E-state index in [9.17, 15) is 0 Å². The van der Waals surface area contributed by atoms with Gasteiger partial charge in [-0.1, -0.05) is 33.1 Å². The molecule has 0 aromatic rings. The predicted molar refractivity (Wildman–Crippen MR) is 71.2 cm³/mol. The smallest absolute Gasteiger partial charge is 0.205 e. The Kier molecular flexibility index (Phi) is 9.30. The number of hydrogen-bond donors (Lipinski definition) is 0. The summed E-state index contributed by atoms with van der Waals surface area (Å²) in [7, 11) is -0.726. The fourth-order valence-electron chi connectivity index (χ4n) is 1.69. The number of rotatable bonds is 8. The second-order valence-corrected chi connectivity index (χ2v) is 7.35. The summed E-state index contributed by atoms with van der Waals surface area (Å²) in [6, 6.07) is 0. The molecule has 0 aromatic heterocycles. The van der Waals surface area contributed by atoms with E-state index in [0.29, 0.717) is 5.92 Å². The normalized spacial score (nSPS) is 16.0. The molecule has 2 unspecified atom stereocenters. The minimum Gasteiger partial charge on any atom is -0.411 e. The summed E-state index contributed by atoms with van der Waals surface area (Å²) in [5.74, 6) is 0.504. The van der Waals surface area contributed by atoms with Gasteiger partial charge in [0.25, 0.3) is 0 Å². The molecule has 91 valence electrons. The van der Waals surface area contributed by atoms with E-state index in [1.165, 1.54) is 19.3 Å². The molecule has 1 radical (unpaired) electrons. The summed E-state index contributed by atoms with van der Waals surface area (Å²) in [5.41, 5.74) is 0. The Labute approximate surface area is 106 Å². The number of alkyl halides is 2. The van der Waals surface area contributed by atoms with Crippen LogP contribution in [-0.2, 0) is 4.43 Å². The van der Waals surface area contributed by atoms with E-state index < -0.39 is 13.9 Å². The summed E-state index contributed by atoms with van der Waals surface area (Å²) in [6.45, 7) is 8.64. The largest absolute Gasteiger partial charge is 0.411 e. The molecule has 4 heteroatoms. The summed E-state index contributed by atoms with van der Waals surface area (Å²) >= 11 is 12.0. The predicted octanol–water partition coefficient (Wildman–Crippen LogP) is 4.64. The maximum absolute atomic E-state index is 6.00. The standard InChI is InChI=1S/C11H23Cl2OSi/c1-5-7-8-9(6-2)10(11(12)13)14-15(3)4/h9-11H,5-8H2,1-4H3. The van der Waals surface area contributed by atoms with Crippen molar-refractivity contribution in [3.8, 4) is 0 Å². The fraction of sp³-hybridized carbons (Fsp3) is 1.00. The van der Waals surface area contributed by atoms with Gasteiger partial charge in [-0.3, -0.25) is 0 Å². The maximum Gasteiger partial charge on any atom is 0.205 e. The average Bonchev–Trinajstić information content (AvgIpc) is 2.16. The molecular weight excluding hydrogens is 247 g/mol. The Hall–Kier alpha value is 0.757. The minimum atomic E-state index is -0.726. The zero-order chi connectivity index (χ0) is 11.8. The molecular formula is C11H23Cl2OSi. The molecule has 0 bridgehead atoms. The van der Waals surface area contributed by atoms with Crippen LogP contribution in [0.25, 0.3) is 0 Å². The Morgan fingerprint density at radius 1 is 1.20 bits per heavy atom. The first-order valence-corrected chi connectivity index (χ1v) is 9.05. The highest BCUT2D eigenvalue weighted by Gasteiger charge is 2.27. The van der Waals surface area contributed by atoms with Gasteiger partial charge in [-0.05, 0) is 25.4 Å². The Balaban J connectivity index is 4.27. The number of hydrogen-bond acceptors (Lipinski definition) is 1. The number of halogens is 2. The summed E-state index contributed by atoms with van der Waals surface area (Å²) in [5, 5.41) is 0. The first-order valence-electron chi connectivity index (χ1n) is 5.77. The minimum absolute atomic E-state index is 0.0220. The van der Waals surface area contributed by atoms with Crippen molar-refractivity contribution < 1.29 is 4.43 Å². The molecule has 0 aliphatic rings. The van der Waals surface area contributed by atoms with Crippen LogP contribution in [0, 0.1) is 5.92 Å². The van der Waals surface area contributed by atoms with Crippen molar-refractivity contribution in [2.75, 3.05) is 0 Å². The van der Waals surface area contributed by atoms with Gasteiger partial charge in [0.15, 0.2) is 0 Å². The fourth-order valence-corrected chi connectivity index (χ4v) is 3.25. The van der Waals surface area contributed by atoms with Gasteiger partial charge < -0.3 is 4.43 Å². The van der Waals surface area contributed by atoms with E-state index in [-0.39, 0.29) is 6.10 Å². The highest BCUT2D eigenvalue weighted by molar-refractivity contribution is 6.49. The molecule has 0 saturated heterocycles. The molecule has 1 nitrogen and oxygen atoms in total. The molecule has 0 N–H and O–H groups in total. The lowest BCUT2D eigenvalue weighted by atomic mass is 9.94. The zero-order valence-electron chi connectivity index (χ0n) is 10.2. The van der Waals surface area contributed by atoms with E-state index in [2.05, 4.69) is 26.9 Å². The van der Waals surface area contributed by atoms with Crippen LogP contribution in [-0.4, -0.2) is 20.0 Å². The van der Waals surface area contributed by atoms with Gasteiger partial charge in [0.1, 0.15) is 4.84 Å². The quantitative estimate of drug-likeness (QED) is 0.461. The van der Waals surface area contributed by atoms with Crippen molar-refractivity contribution in [2.24, 2.45) is 5.92 Å². The van der Waals surface area contributed by atoms with Crippen LogP contribution in [0.2, 0.25) is 13.1 Å². The van der Waals surface area contributed by atoms with E-state index in [1.54, 1.807) is 0 Å². The molecule has 0 spiro atoms. The second kappa shape index (κ2) is 8.86. The highest BCUT2D eigenvalue weighted by atomic mass is 35.5. The molecule has 0 rings (SSSR count). The Bertz CT molecular complexity index is 154. The third-order valence-corrected chi connectivity index (χ3v) is 3.78. The summed E-state index contributed by atoms with van der Waals surface area (Å²) in [6.07, 6.45) is 4.73. The van der Waals surface area contributed by atoms with Crippen molar-refractivity contribution in [3.05, 3.63) is 0 Å². The van der Waals surface area contributed by atoms with Crippen molar-refractivity contribution in [3.63, 3.8) is 0 Å². The van der Waals surface area contributed by atoms with Crippen LogP contribution in [0.5, 0.6) is 0 Å². The monoisotopic (exact) mass is 269 g/mol. The molecule has 0 aliphatic carbocycles. The molecule has 0 saturated carbocycles. The van der Waals surface area contributed by atoms with Crippen molar-refractivity contribution in [1.29, 1.82) is 0 Å². The Morgan fingerprint density at radius 2 is 1.80 bits per heavy atom. The average molecular weight is 270 g/mol. The van der Waals surface area contributed by atoms with Crippen molar-refractivity contribution in [2.45, 2.75) is 63.6 Å². The van der Waals surface area contributed by atoms with E-state index >= 15 is 0 Å². The molecule has 0 fully saturated rings. The lowest BCUT2D eigenvalue weighted by Crippen LogP contribution is -2.33. The molecule has 0 amide bonds. The van der Waals surface area contributed by atoms with Crippen LogP contribution in [0.15, 0.2) is 0 Å². The van der Waals surface area contributed by atoms with Gasteiger partial charge in [0, 0.05) is 0 Å². The SMILES string of the molecule is CCCCC(CC)C(O[Si](C)C)C(Cl)Cl. The van der Waals surface area contributed by atoms with Gasteiger partial charge >= 0.3 is 0 Å². The van der Waals surface area contributed by atoms with Gasteiger partial charge in [-0.15, -0.1) is 23.2 Å². The van der Waals surface area contributed by atoms with E-state index in [0.717, 1.165) is 6.42 Å². The highest BCUT2D eigenvalue weighted by Crippen LogP contribution is 2.27.